The predicted octanol–water partition coefficient (Wildman–Crippen LogP) is 1.31. The number of rotatable bonds is 9. The van der Waals surface area contributed by atoms with Crippen LogP contribution < -0.4 is 15.5 Å². The molecule has 7 nitrogen and oxygen atoms in total. The summed E-state index contributed by atoms with van der Waals surface area (Å²) in [6, 6.07) is 7.82. The van der Waals surface area contributed by atoms with Crippen LogP contribution in [-0.4, -0.2) is 69.7 Å². The standard InChI is InChI=1S/C19H30N4O3/c1-3-4-9-20-18(24)14-22(2)15-19(25)21-16-5-7-17(8-6-16)23-10-12-26-13-11-23/h5-8H,3-4,9-15H2,1-2H3,(H,20,24)(H,21,25). The molecule has 1 heterocycles. The van der Waals surface area contributed by atoms with Crippen molar-refractivity contribution in [3.05, 3.63) is 24.3 Å². The van der Waals surface area contributed by atoms with Crippen LogP contribution in [0, 0.1) is 0 Å². The van der Waals surface area contributed by atoms with E-state index in [9.17, 15) is 9.59 Å². The van der Waals surface area contributed by atoms with E-state index in [1.54, 1.807) is 11.9 Å². The molecule has 0 aliphatic carbocycles. The van der Waals surface area contributed by atoms with Gasteiger partial charge in [-0.05, 0) is 37.7 Å². The first-order valence-electron chi connectivity index (χ1n) is 9.26. The van der Waals surface area contributed by atoms with Gasteiger partial charge in [-0.25, -0.2) is 0 Å². The summed E-state index contributed by atoms with van der Waals surface area (Å²) in [7, 11) is 1.76. The first-order valence-corrected chi connectivity index (χ1v) is 9.26. The third-order valence-electron chi connectivity index (χ3n) is 4.21. The highest BCUT2D eigenvalue weighted by Gasteiger charge is 2.12. The van der Waals surface area contributed by atoms with E-state index in [4.69, 9.17) is 4.74 Å². The second kappa shape index (κ2) is 10.8. The Morgan fingerprint density at radius 2 is 1.77 bits per heavy atom. The number of unbranched alkanes of at least 4 members (excludes halogenated alkanes) is 1. The summed E-state index contributed by atoms with van der Waals surface area (Å²) >= 11 is 0. The topological polar surface area (TPSA) is 73.9 Å². The van der Waals surface area contributed by atoms with Crippen LogP contribution in [0.5, 0.6) is 0 Å². The molecule has 1 aromatic carbocycles. The molecular weight excluding hydrogens is 332 g/mol. The van der Waals surface area contributed by atoms with Crippen LogP contribution in [0.25, 0.3) is 0 Å². The minimum absolute atomic E-state index is 0.0522. The van der Waals surface area contributed by atoms with Crippen molar-refractivity contribution >= 4 is 23.2 Å². The second-order valence-corrected chi connectivity index (χ2v) is 6.57. The van der Waals surface area contributed by atoms with Crippen LogP contribution in [0.4, 0.5) is 11.4 Å². The third kappa shape index (κ3) is 7.01. The Hall–Kier alpha value is -2.12. The molecule has 0 atom stereocenters. The average Bonchev–Trinajstić information content (AvgIpc) is 2.63. The average molecular weight is 362 g/mol. The van der Waals surface area contributed by atoms with Gasteiger partial charge < -0.3 is 20.3 Å². The smallest absolute Gasteiger partial charge is 0.238 e. The molecule has 1 aliphatic heterocycles. The van der Waals surface area contributed by atoms with E-state index in [2.05, 4.69) is 22.5 Å². The fourth-order valence-electron chi connectivity index (χ4n) is 2.78. The van der Waals surface area contributed by atoms with E-state index in [1.165, 1.54) is 0 Å². The summed E-state index contributed by atoms with van der Waals surface area (Å²) in [6.45, 7) is 6.42. The van der Waals surface area contributed by atoms with E-state index in [0.717, 1.165) is 50.5 Å². The second-order valence-electron chi connectivity index (χ2n) is 6.57. The largest absolute Gasteiger partial charge is 0.378 e. The molecule has 0 bridgehead atoms. The number of hydrogen-bond acceptors (Lipinski definition) is 5. The van der Waals surface area contributed by atoms with Crippen molar-refractivity contribution in [2.75, 3.05) is 63.2 Å². The lowest BCUT2D eigenvalue weighted by Crippen LogP contribution is -2.39. The fraction of sp³-hybridized carbons (Fsp3) is 0.579. The normalized spacial score (nSPS) is 14.3. The summed E-state index contributed by atoms with van der Waals surface area (Å²) in [5, 5.41) is 5.72. The molecule has 2 rings (SSSR count). The third-order valence-corrected chi connectivity index (χ3v) is 4.21. The molecule has 1 aliphatic rings. The molecule has 0 saturated carbocycles. The maximum atomic E-state index is 12.1. The molecule has 26 heavy (non-hydrogen) atoms. The van der Waals surface area contributed by atoms with Gasteiger partial charge in [-0.3, -0.25) is 14.5 Å². The van der Waals surface area contributed by atoms with E-state index < -0.39 is 0 Å². The molecule has 144 valence electrons. The van der Waals surface area contributed by atoms with Crippen molar-refractivity contribution < 1.29 is 14.3 Å². The lowest BCUT2D eigenvalue weighted by Gasteiger charge is -2.28. The molecule has 1 saturated heterocycles. The number of carbonyl (C=O) groups is 2. The van der Waals surface area contributed by atoms with Gasteiger partial charge >= 0.3 is 0 Å². The number of nitrogens with zero attached hydrogens (tertiary/aromatic N) is 2. The number of ether oxygens (including phenoxy) is 1. The summed E-state index contributed by atoms with van der Waals surface area (Å²) in [4.78, 5) is 27.9. The van der Waals surface area contributed by atoms with Crippen molar-refractivity contribution in [2.45, 2.75) is 19.8 Å². The maximum Gasteiger partial charge on any atom is 0.238 e. The van der Waals surface area contributed by atoms with Crippen molar-refractivity contribution in [3.63, 3.8) is 0 Å². The summed E-state index contributed by atoms with van der Waals surface area (Å²) in [5.41, 5.74) is 1.89. The number of likely N-dealkylation sites (N-methyl/N-ethyl adjacent to an activating group) is 1. The Bertz CT molecular complexity index is 571. The van der Waals surface area contributed by atoms with E-state index in [-0.39, 0.29) is 24.9 Å². The molecule has 0 spiro atoms. The maximum absolute atomic E-state index is 12.1. The Kier molecular flexibility index (Phi) is 8.37. The zero-order chi connectivity index (χ0) is 18.8. The van der Waals surface area contributed by atoms with Gasteiger partial charge in [0.1, 0.15) is 0 Å². The van der Waals surface area contributed by atoms with Gasteiger partial charge in [-0.1, -0.05) is 13.3 Å². The van der Waals surface area contributed by atoms with Crippen LogP contribution in [0.15, 0.2) is 24.3 Å². The van der Waals surface area contributed by atoms with Crippen LogP contribution in [0.3, 0.4) is 0 Å². The molecule has 0 radical (unpaired) electrons. The lowest BCUT2D eigenvalue weighted by atomic mass is 10.2. The van der Waals surface area contributed by atoms with Crippen LogP contribution >= 0.6 is 0 Å². The Balaban J connectivity index is 1.73. The molecule has 2 N–H and O–H groups in total. The van der Waals surface area contributed by atoms with Gasteiger partial charge in [-0.2, -0.15) is 0 Å². The van der Waals surface area contributed by atoms with Gasteiger partial charge in [0.25, 0.3) is 0 Å². The SMILES string of the molecule is CCCCNC(=O)CN(C)CC(=O)Nc1ccc(N2CCOCC2)cc1. The number of carbonyl (C=O) groups excluding carboxylic acids is 2. The molecule has 0 aromatic heterocycles. The summed E-state index contributed by atoms with van der Waals surface area (Å²) < 4.78 is 5.36. The number of amides is 2. The Morgan fingerprint density at radius 3 is 2.42 bits per heavy atom. The molecule has 1 aromatic rings. The first-order chi connectivity index (χ1) is 12.6. The highest BCUT2D eigenvalue weighted by Crippen LogP contribution is 2.18. The van der Waals surface area contributed by atoms with Crippen LogP contribution in [0.1, 0.15) is 19.8 Å². The molecule has 1 fully saturated rings. The van der Waals surface area contributed by atoms with E-state index >= 15 is 0 Å². The first kappa shape index (κ1) is 20.2. The molecular formula is C19H30N4O3. The zero-order valence-corrected chi connectivity index (χ0v) is 15.8. The summed E-state index contributed by atoms with van der Waals surface area (Å²) in [6.07, 6.45) is 2.01. The summed E-state index contributed by atoms with van der Waals surface area (Å²) in [5.74, 6) is -0.184. The predicted molar refractivity (Wildman–Crippen MR) is 104 cm³/mol. The van der Waals surface area contributed by atoms with Gasteiger partial charge in [0.2, 0.25) is 11.8 Å². The van der Waals surface area contributed by atoms with Crippen molar-refractivity contribution in [1.82, 2.24) is 10.2 Å². The van der Waals surface area contributed by atoms with Gasteiger partial charge in [0.15, 0.2) is 0 Å². The zero-order valence-electron chi connectivity index (χ0n) is 15.8. The fourth-order valence-corrected chi connectivity index (χ4v) is 2.78. The Morgan fingerprint density at radius 1 is 1.12 bits per heavy atom. The molecule has 2 amide bonds. The number of nitrogens with one attached hydrogen (secondary N) is 2. The van der Waals surface area contributed by atoms with Crippen molar-refractivity contribution in [2.24, 2.45) is 0 Å². The number of hydrogen-bond donors (Lipinski definition) is 2. The van der Waals surface area contributed by atoms with Gasteiger partial charge in [-0.15, -0.1) is 0 Å². The molecule has 7 heteroatoms. The van der Waals surface area contributed by atoms with Crippen LogP contribution in [0.2, 0.25) is 0 Å². The minimum atomic E-state index is -0.131. The van der Waals surface area contributed by atoms with Crippen molar-refractivity contribution in [1.29, 1.82) is 0 Å². The number of morpholine rings is 1. The van der Waals surface area contributed by atoms with Gasteiger partial charge in [0, 0.05) is 31.0 Å². The van der Waals surface area contributed by atoms with Gasteiger partial charge in [0.05, 0.1) is 26.3 Å². The van der Waals surface area contributed by atoms with Crippen molar-refractivity contribution in [3.8, 4) is 0 Å². The molecule has 0 unspecified atom stereocenters. The monoisotopic (exact) mass is 362 g/mol. The van der Waals surface area contributed by atoms with Crippen LogP contribution in [-0.2, 0) is 14.3 Å². The van der Waals surface area contributed by atoms with E-state index in [0.29, 0.717) is 6.54 Å². The lowest BCUT2D eigenvalue weighted by molar-refractivity contribution is -0.122. The number of benzene rings is 1. The van der Waals surface area contributed by atoms with E-state index in [1.807, 2.05) is 24.3 Å². The Labute approximate surface area is 155 Å². The highest BCUT2D eigenvalue weighted by atomic mass is 16.5. The minimum Gasteiger partial charge on any atom is -0.378 e. The highest BCUT2D eigenvalue weighted by molar-refractivity contribution is 5.92. The number of anilines is 2. The quantitative estimate of drug-likeness (QED) is 0.648.